The van der Waals surface area contributed by atoms with Gasteiger partial charge in [0.1, 0.15) is 11.5 Å². The first kappa shape index (κ1) is 16.5. The first-order valence-corrected chi connectivity index (χ1v) is 8.42. The van der Waals surface area contributed by atoms with Gasteiger partial charge in [-0.15, -0.1) is 0 Å². The van der Waals surface area contributed by atoms with Crippen molar-refractivity contribution in [2.45, 2.75) is 39.3 Å². The predicted molar refractivity (Wildman–Crippen MR) is 85.8 cm³/mol. The molecule has 1 saturated heterocycles. The van der Waals surface area contributed by atoms with Gasteiger partial charge in [-0.25, -0.2) is 4.98 Å². The van der Waals surface area contributed by atoms with E-state index in [4.69, 9.17) is 5.73 Å². The highest BCUT2D eigenvalue weighted by atomic mass is 16.2. The number of rotatable bonds is 4. The van der Waals surface area contributed by atoms with Crippen LogP contribution in [0, 0.1) is 5.92 Å². The highest BCUT2D eigenvalue weighted by molar-refractivity contribution is 5.91. The van der Waals surface area contributed by atoms with Crippen LogP contribution in [-0.2, 0) is 22.7 Å². The molecule has 1 aromatic rings. The van der Waals surface area contributed by atoms with Gasteiger partial charge in [-0.2, -0.15) is 0 Å². The van der Waals surface area contributed by atoms with E-state index in [0.29, 0.717) is 57.1 Å². The minimum atomic E-state index is -0.505. The molecule has 1 fully saturated rings. The number of nitrogens with two attached hydrogens (primary N) is 1. The van der Waals surface area contributed by atoms with Crippen LogP contribution in [0.3, 0.4) is 0 Å². The summed E-state index contributed by atoms with van der Waals surface area (Å²) in [7, 11) is 0. The van der Waals surface area contributed by atoms with Crippen LogP contribution in [0.1, 0.15) is 42.5 Å². The molecule has 0 bridgehead atoms. The number of likely N-dealkylation sites (tertiary alicyclic amines) is 1. The second kappa shape index (κ2) is 6.62. The molecule has 1 aromatic heterocycles. The van der Waals surface area contributed by atoms with E-state index in [-0.39, 0.29) is 17.7 Å². The van der Waals surface area contributed by atoms with E-state index in [1.807, 2.05) is 6.92 Å². The van der Waals surface area contributed by atoms with Gasteiger partial charge in [0.2, 0.25) is 11.8 Å². The zero-order chi connectivity index (χ0) is 17.3. The molecule has 2 aliphatic rings. The number of imidazole rings is 1. The zero-order valence-electron chi connectivity index (χ0n) is 13.9. The van der Waals surface area contributed by atoms with E-state index < -0.39 is 5.91 Å². The third kappa shape index (κ3) is 3.00. The summed E-state index contributed by atoms with van der Waals surface area (Å²) in [5.41, 5.74) is 5.72. The van der Waals surface area contributed by atoms with Crippen LogP contribution < -0.4 is 5.73 Å². The molecule has 8 nitrogen and oxygen atoms in total. The topological polar surface area (TPSA) is 102 Å². The van der Waals surface area contributed by atoms with E-state index in [0.717, 1.165) is 6.42 Å². The molecule has 1 atom stereocenters. The minimum absolute atomic E-state index is 0.0680. The molecule has 1 unspecified atom stereocenters. The van der Waals surface area contributed by atoms with Crippen molar-refractivity contribution in [2.24, 2.45) is 11.7 Å². The van der Waals surface area contributed by atoms with Crippen molar-refractivity contribution in [3.63, 3.8) is 0 Å². The number of fused-ring (bicyclic) bond motifs is 1. The maximum absolute atomic E-state index is 12.8. The Hall–Kier alpha value is -2.38. The van der Waals surface area contributed by atoms with Crippen molar-refractivity contribution in [2.75, 3.05) is 19.6 Å². The lowest BCUT2D eigenvalue weighted by atomic mass is 9.95. The summed E-state index contributed by atoms with van der Waals surface area (Å²) in [6.45, 7) is 4.66. The van der Waals surface area contributed by atoms with Crippen molar-refractivity contribution in [1.82, 2.24) is 19.4 Å². The minimum Gasteiger partial charge on any atom is -0.364 e. The van der Waals surface area contributed by atoms with Gasteiger partial charge >= 0.3 is 0 Å². The number of carbonyl (C=O) groups is 3. The second-order valence-corrected chi connectivity index (χ2v) is 6.41. The maximum atomic E-state index is 12.8. The molecular weight excluding hydrogens is 310 g/mol. The first-order chi connectivity index (χ1) is 11.5. The third-order valence-corrected chi connectivity index (χ3v) is 4.77. The Morgan fingerprint density at radius 1 is 1.38 bits per heavy atom. The number of primary amides is 1. The van der Waals surface area contributed by atoms with E-state index >= 15 is 0 Å². The molecule has 3 rings (SSSR count). The van der Waals surface area contributed by atoms with Gasteiger partial charge in [0.05, 0.1) is 18.7 Å². The molecule has 0 spiro atoms. The van der Waals surface area contributed by atoms with E-state index in [2.05, 4.69) is 4.98 Å². The Bertz CT molecular complexity index is 669. The molecule has 0 aliphatic carbocycles. The average Bonchev–Trinajstić information content (AvgIpc) is 2.99. The molecule has 3 heterocycles. The van der Waals surface area contributed by atoms with Crippen molar-refractivity contribution in [3.8, 4) is 0 Å². The Labute approximate surface area is 140 Å². The van der Waals surface area contributed by atoms with Crippen LogP contribution in [0.5, 0.6) is 0 Å². The van der Waals surface area contributed by atoms with Crippen molar-refractivity contribution >= 4 is 17.7 Å². The quantitative estimate of drug-likeness (QED) is 0.836. The van der Waals surface area contributed by atoms with Crippen LogP contribution in [0.4, 0.5) is 0 Å². The van der Waals surface area contributed by atoms with Gasteiger partial charge in [-0.1, -0.05) is 6.92 Å². The Balaban J connectivity index is 1.68. The molecule has 2 aliphatic heterocycles. The number of aromatic nitrogens is 2. The Morgan fingerprint density at radius 2 is 2.17 bits per heavy atom. The summed E-state index contributed by atoms with van der Waals surface area (Å²) in [6, 6.07) is 0. The fourth-order valence-corrected chi connectivity index (χ4v) is 3.51. The lowest BCUT2D eigenvalue weighted by molar-refractivity contribution is -0.144. The van der Waals surface area contributed by atoms with Crippen LogP contribution in [0.25, 0.3) is 0 Å². The van der Waals surface area contributed by atoms with E-state index in [1.54, 1.807) is 14.4 Å². The number of hydrogen-bond acceptors (Lipinski definition) is 4. The van der Waals surface area contributed by atoms with Crippen LogP contribution in [0.15, 0.2) is 6.20 Å². The summed E-state index contributed by atoms with van der Waals surface area (Å²) in [6.07, 6.45) is 3.40. The molecule has 2 N–H and O–H groups in total. The zero-order valence-corrected chi connectivity index (χ0v) is 13.9. The predicted octanol–water partition coefficient (Wildman–Crippen LogP) is -0.0272. The Kier molecular flexibility index (Phi) is 4.55. The molecule has 0 radical (unpaired) electrons. The highest BCUT2D eigenvalue weighted by Gasteiger charge is 2.34. The summed E-state index contributed by atoms with van der Waals surface area (Å²) >= 11 is 0. The molecular formula is C16H23N5O3. The number of nitrogens with zero attached hydrogens (tertiary/aromatic N) is 4. The van der Waals surface area contributed by atoms with E-state index in [9.17, 15) is 14.4 Å². The third-order valence-electron chi connectivity index (χ3n) is 4.77. The average molecular weight is 333 g/mol. The number of amides is 3. The highest BCUT2D eigenvalue weighted by Crippen LogP contribution is 2.23. The molecule has 3 amide bonds. The van der Waals surface area contributed by atoms with Crippen molar-refractivity contribution in [3.05, 3.63) is 17.7 Å². The SMILES string of the molecule is CCCN1CC(C(=O)N2CCn3c(C(N)=O)cnc3C2)CCC1=O. The van der Waals surface area contributed by atoms with Crippen molar-refractivity contribution in [1.29, 1.82) is 0 Å². The number of hydrogen-bond donors (Lipinski definition) is 1. The van der Waals surface area contributed by atoms with Gasteiger partial charge in [0.15, 0.2) is 0 Å². The van der Waals surface area contributed by atoms with Gasteiger partial charge in [-0.05, 0) is 12.8 Å². The van der Waals surface area contributed by atoms with Gasteiger partial charge < -0.3 is 20.1 Å². The molecule has 130 valence electrons. The lowest BCUT2D eigenvalue weighted by Gasteiger charge is -2.36. The fourth-order valence-electron chi connectivity index (χ4n) is 3.51. The fraction of sp³-hybridized carbons (Fsp3) is 0.625. The molecule has 8 heteroatoms. The molecule has 0 saturated carbocycles. The van der Waals surface area contributed by atoms with Gasteiger partial charge in [-0.3, -0.25) is 14.4 Å². The summed E-state index contributed by atoms with van der Waals surface area (Å²) in [4.78, 5) is 43.9. The number of carbonyl (C=O) groups excluding carboxylic acids is 3. The lowest BCUT2D eigenvalue weighted by Crippen LogP contribution is -2.49. The standard InChI is InChI=1S/C16H23N5O3/c1-2-5-19-9-11(3-4-14(19)22)16(24)20-6-7-21-12(15(17)23)8-18-13(21)10-20/h8,11H,2-7,9-10H2,1H3,(H2,17,23). The maximum Gasteiger partial charge on any atom is 0.266 e. The Morgan fingerprint density at radius 3 is 2.88 bits per heavy atom. The normalized spacial score (nSPS) is 20.9. The van der Waals surface area contributed by atoms with Gasteiger partial charge in [0, 0.05) is 32.6 Å². The van der Waals surface area contributed by atoms with Gasteiger partial charge in [0.25, 0.3) is 5.91 Å². The summed E-state index contributed by atoms with van der Waals surface area (Å²) in [5, 5.41) is 0. The van der Waals surface area contributed by atoms with Crippen LogP contribution in [-0.4, -0.2) is 56.7 Å². The van der Waals surface area contributed by atoms with E-state index in [1.165, 1.54) is 6.20 Å². The van der Waals surface area contributed by atoms with Crippen LogP contribution >= 0.6 is 0 Å². The first-order valence-electron chi connectivity index (χ1n) is 8.42. The van der Waals surface area contributed by atoms with Crippen molar-refractivity contribution < 1.29 is 14.4 Å². The second-order valence-electron chi connectivity index (χ2n) is 6.41. The monoisotopic (exact) mass is 333 g/mol. The largest absolute Gasteiger partial charge is 0.364 e. The number of piperidine rings is 1. The summed E-state index contributed by atoms with van der Waals surface area (Å²) < 4.78 is 1.78. The molecule has 0 aromatic carbocycles. The van der Waals surface area contributed by atoms with Crippen LogP contribution in [0.2, 0.25) is 0 Å². The smallest absolute Gasteiger partial charge is 0.266 e. The molecule has 24 heavy (non-hydrogen) atoms. The summed E-state index contributed by atoms with van der Waals surface area (Å²) in [5.74, 6) is 0.237.